The first-order chi connectivity index (χ1) is 15.6. The van der Waals surface area contributed by atoms with Crippen LogP contribution < -0.4 is 10.6 Å². The van der Waals surface area contributed by atoms with Crippen molar-refractivity contribution in [3.05, 3.63) is 30.3 Å². The Morgan fingerprint density at radius 2 is 1.97 bits per heavy atom. The van der Waals surface area contributed by atoms with E-state index < -0.39 is 0 Å². The third kappa shape index (κ3) is 4.53. The number of hydrogen-bond acceptors (Lipinski definition) is 8. The lowest BCUT2D eigenvalue weighted by molar-refractivity contribution is -0.126. The molecule has 3 heterocycles. The van der Waals surface area contributed by atoms with Crippen LogP contribution in [0.4, 0.5) is 11.5 Å². The van der Waals surface area contributed by atoms with Crippen LogP contribution in [0, 0.1) is 0 Å². The maximum absolute atomic E-state index is 10.2. The summed E-state index contributed by atoms with van der Waals surface area (Å²) in [6, 6.07) is 9.09. The highest BCUT2D eigenvalue weighted by atomic mass is 16.5. The number of morpholine rings is 1. The summed E-state index contributed by atoms with van der Waals surface area (Å²) in [5.41, 5.74) is 8.25. The summed E-state index contributed by atoms with van der Waals surface area (Å²) in [7, 11) is 0. The SMILES string of the molecule is Nc1nnc(-c2ccccc2O)cc1N1CCC2(CC1)CN(CCOC1CCC1)CCO2. The first-order valence-electron chi connectivity index (χ1n) is 11.8. The number of aromatic hydroxyl groups is 1. The van der Waals surface area contributed by atoms with Crippen molar-refractivity contribution in [2.24, 2.45) is 0 Å². The maximum Gasteiger partial charge on any atom is 0.169 e. The van der Waals surface area contributed by atoms with Crippen LogP contribution >= 0.6 is 0 Å². The highest BCUT2D eigenvalue weighted by Crippen LogP contribution is 2.36. The fourth-order valence-electron chi connectivity index (χ4n) is 4.92. The number of nitrogen functional groups attached to an aromatic ring is 1. The number of aromatic nitrogens is 2. The topological polar surface area (TPSA) is 97.0 Å². The lowest BCUT2D eigenvalue weighted by Crippen LogP contribution is -2.57. The van der Waals surface area contributed by atoms with E-state index in [0.29, 0.717) is 23.2 Å². The number of hydrogen-bond donors (Lipinski definition) is 2. The Bertz CT molecular complexity index is 928. The van der Waals surface area contributed by atoms with E-state index in [-0.39, 0.29) is 11.4 Å². The molecule has 0 unspecified atom stereocenters. The number of phenols is 1. The van der Waals surface area contributed by atoms with Crippen LogP contribution in [0.5, 0.6) is 5.75 Å². The molecule has 1 spiro atoms. The predicted molar refractivity (Wildman–Crippen MR) is 124 cm³/mol. The molecule has 1 aliphatic carbocycles. The molecular weight excluding hydrogens is 406 g/mol. The van der Waals surface area contributed by atoms with E-state index in [4.69, 9.17) is 15.2 Å². The number of phenolic OH excluding ortho intramolecular Hbond substituents is 1. The number of anilines is 2. The minimum absolute atomic E-state index is 0.0963. The molecule has 1 saturated carbocycles. The zero-order chi connectivity index (χ0) is 22.0. The monoisotopic (exact) mass is 439 g/mol. The third-order valence-corrected chi connectivity index (χ3v) is 7.14. The summed E-state index contributed by atoms with van der Waals surface area (Å²) >= 11 is 0. The van der Waals surface area contributed by atoms with Gasteiger partial charge in [-0.2, -0.15) is 0 Å². The van der Waals surface area contributed by atoms with Crippen LogP contribution in [0.25, 0.3) is 11.3 Å². The van der Waals surface area contributed by atoms with E-state index in [9.17, 15) is 5.11 Å². The van der Waals surface area contributed by atoms with E-state index in [1.165, 1.54) is 19.3 Å². The van der Waals surface area contributed by atoms with Crippen LogP contribution in [0.3, 0.4) is 0 Å². The van der Waals surface area contributed by atoms with Crippen molar-refractivity contribution < 1.29 is 14.6 Å². The van der Waals surface area contributed by atoms with Gasteiger partial charge >= 0.3 is 0 Å². The van der Waals surface area contributed by atoms with Crippen molar-refractivity contribution >= 4 is 11.5 Å². The Kier molecular flexibility index (Phi) is 6.17. The van der Waals surface area contributed by atoms with Gasteiger partial charge in [0.05, 0.1) is 36.3 Å². The van der Waals surface area contributed by atoms with E-state index >= 15 is 0 Å². The Morgan fingerprint density at radius 3 is 2.72 bits per heavy atom. The molecule has 32 heavy (non-hydrogen) atoms. The van der Waals surface area contributed by atoms with Crippen LogP contribution in [0.2, 0.25) is 0 Å². The van der Waals surface area contributed by atoms with Gasteiger partial charge in [0.15, 0.2) is 5.82 Å². The van der Waals surface area contributed by atoms with Gasteiger partial charge in [-0.05, 0) is 50.3 Å². The van der Waals surface area contributed by atoms with Gasteiger partial charge in [0.2, 0.25) is 0 Å². The van der Waals surface area contributed by atoms with E-state index in [1.54, 1.807) is 12.1 Å². The Morgan fingerprint density at radius 1 is 1.16 bits per heavy atom. The van der Waals surface area contributed by atoms with Crippen LogP contribution in [-0.2, 0) is 9.47 Å². The number of para-hydroxylation sites is 1. The average Bonchev–Trinajstić information content (AvgIpc) is 2.77. The fraction of sp³-hybridized carbons (Fsp3) is 0.583. The molecule has 8 nitrogen and oxygen atoms in total. The van der Waals surface area contributed by atoms with Gasteiger partial charge in [-0.25, -0.2) is 0 Å². The quantitative estimate of drug-likeness (QED) is 0.709. The maximum atomic E-state index is 10.2. The zero-order valence-corrected chi connectivity index (χ0v) is 18.6. The molecule has 2 saturated heterocycles. The lowest BCUT2D eigenvalue weighted by Gasteiger charge is -2.48. The summed E-state index contributed by atoms with van der Waals surface area (Å²) in [6.45, 7) is 6.22. The van der Waals surface area contributed by atoms with Crippen molar-refractivity contribution in [1.82, 2.24) is 15.1 Å². The molecule has 3 aliphatic rings. The Hall–Kier alpha value is -2.42. The van der Waals surface area contributed by atoms with Crippen LogP contribution in [0.1, 0.15) is 32.1 Å². The number of piperidine rings is 1. The van der Waals surface area contributed by atoms with Crippen LogP contribution in [0.15, 0.2) is 30.3 Å². The molecule has 8 heteroatoms. The largest absolute Gasteiger partial charge is 0.507 e. The summed E-state index contributed by atoms with van der Waals surface area (Å²) in [5, 5.41) is 18.6. The molecule has 1 aromatic carbocycles. The van der Waals surface area contributed by atoms with Gasteiger partial charge in [0.25, 0.3) is 0 Å². The second-order valence-corrected chi connectivity index (χ2v) is 9.24. The Balaban J connectivity index is 1.21. The summed E-state index contributed by atoms with van der Waals surface area (Å²) in [4.78, 5) is 4.76. The number of rotatable bonds is 6. The van der Waals surface area contributed by atoms with Gasteiger partial charge in [-0.3, -0.25) is 4.90 Å². The Labute approximate surface area is 189 Å². The number of benzene rings is 1. The molecule has 3 fully saturated rings. The van der Waals surface area contributed by atoms with E-state index in [2.05, 4.69) is 20.0 Å². The first-order valence-corrected chi connectivity index (χ1v) is 11.8. The highest BCUT2D eigenvalue weighted by molar-refractivity contribution is 5.74. The van der Waals surface area contributed by atoms with E-state index in [1.807, 2.05) is 18.2 Å². The van der Waals surface area contributed by atoms with Gasteiger partial charge in [0.1, 0.15) is 5.75 Å². The molecule has 0 bridgehead atoms. The molecule has 1 aromatic heterocycles. The molecular formula is C24H33N5O3. The molecule has 0 radical (unpaired) electrons. The lowest BCUT2D eigenvalue weighted by atomic mass is 9.89. The smallest absolute Gasteiger partial charge is 0.169 e. The highest BCUT2D eigenvalue weighted by Gasteiger charge is 2.40. The van der Waals surface area contributed by atoms with Crippen molar-refractivity contribution in [2.45, 2.75) is 43.8 Å². The van der Waals surface area contributed by atoms with Gasteiger partial charge in [-0.15, -0.1) is 10.2 Å². The second kappa shape index (κ2) is 9.21. The molecule has 2 aromatic rings. The third-order valence-electron chi connectivity index (χ3n) is 7.14. The van der Waals surface area contributed by atoms with Crippen molar-refractivity contribution in [3.63, 3.8) is 0 Å². The predicted octanol–water partition coefficient (Wildman–Crippen LogP) is 2.67. The van der Waals surface area contributed by atoms with E-state index in [0.717, 1.165) is 64.5 Å². The molecule has 172 valence electrons. The molecule has 5 rings (SSSR count). The van der Waals surface area contributed by atoms with Crippen molar-refractivity contribution in [1.29, 1.82) is 0 Å². The van der Waals surface area contributed by atoms with Gasteiger partial charge < -0.3 is 25.2 Å². The summed E-state index contributed by atoms with van der Waals surface area (Å²) in [6.07, 6.45) is 6.15. The van der Waals surface area contributed by atoms with Crippen molar-refractivity contribution in [2.75, 3.05) is 56.6 Å². The molecule has 2 aliphatic heterocycles. The van der Waals surface area contributed by atoms with Crippen molar-refractivity contribution in [3.8, 4) is 17.0 Å². The summed E-state index contributed by atoms with van der Waals surface area (Å²) < 4.78 is 12.3. The first kappa shape index (κ1) is 21.4. The molecule has 0 amide bonds. The number of ether oxygens (including phenoxy) is 2. The number of nitrogens with two attached hydrogens (primary N) is 1. The van der Waals surface area contributed by atoms with Gasteiger partial charge in [-0.1, -0.05) is 12.1 Å². The minimum Gasteiger partial charge on any atom is -0.507 e. The fourth-order valence-corrected chi connectivity index (χ4v) is 4.92. The zero-order valence-electron chi connectivity index (χ0n) is 18.6. The summed E-state index contributed by atoms with van der Waals surface area (Å²) in [5.74, 6) is 0.603. The van der Waals surface area contributed by atoms with Crippen LogP contribution in [-0.4, -0.2) is 77.8 Å². The standard InChI is InChI=1S/C24H33N5O3/c25-23-21(16-20(26-27-23)19-6-1-2-7-22(19)30)29-10-8-24(9-11-29)17-28(13-15-32-24)12-14-31-18-4-3-5-18/h1-2,6-7,16,18,30H,3-5,8-15,17H2,(H2,25,27). The second-order valence-electron chi connectivity index (χ2n) is 9.24. The molecule has 0 atom stereocenters. The minimum atomic E-state index is -0.0963. The number of nitrogens with zero attached hydrogens (tertiary/aromatic N) is 4. The molecule has 3 N–H and O–H groups in total. The average molecular weight is 440 g/mol. The normalized spacial score (nSPS) is 21.6. The van der Waals surface area contributed by atoms with Gasteiger partial charge in [0, 0.05) is 38.3 Å².